The second-order valence-corrected chi connectivity index (χ2v) is 12.3. The molecule has 0 aromatic heterocycles. The molecule has 0 bridgehead atoms. The molecule has 10 heteroatoms. The molecule has 0 amide bonds. The maximum atomic E-state index is 12.0. The summed E-state index contributed by atoms with van der Waals surface area (Å²) in [6.45, 7) is 4.67. The Morgan fingerprint density at radius 3 is 1.64 bits per heavy atom. The van der Waals surface area contributed by atoms with E-state index in [1.54, 1.807) is 17.0 Å². The van der Waals surface area contributed by atoms with E-state index >= 15 is 0 Å². The number of hydrogen-bond acceptors (Lipinski definition) is 7. The number of nitrogens with one attached hydrogen (secondary N) is 1. The highest BCUT2D eigenvalue weighted by Gasteiger charge is 2.49. The molecule has 0 heterocycles. The molecular formula is C35H40ClNO8. The molecule has 3 aromatic rings. The first-order chi connectivity index (χ1) is 21.4. The van der Waals surface area contributed by atoms with Crippen LogP contribution in [0.1, 0.15) is 65.8 Å². The van der Waals surface area contributed by atoms with Gasteiger partial charge in [-0.15, -0.1) is 0 Å². The van der Waals surface area contributed by atoms with E-state index in [1.165, 1.54) is 79.8 Å². The Kier molecular flexibility index (Phi) is 12.7. The van der Waals surface area contributed by atoms with Gasteiger partial charge in [-0.1, -0.05) is 80.4 Å². The average molecular weight is 638 g/mol. The van der Waals surface area contributed by atoms with Gasteiger partial charge in [0.25, 0.3) is 0 Å². The number of hydrogen-bond donors (Lipinski definition) is 2. The Balaban J connectivity index is 0.000000257. The minimum atomic E-state index is -2.33. The van der Waals surface area contributed by atoms with Gasteiger partial charge in [0.15, 0.2) is 6.10 Å². The Bertz CT molecular complexity index is 1350. The number of esters is 2. The quantitative estimate of drug-likeness (QED) is 0.288. The smallest absolute Gasteiger partial charge is 0.349 e. The van der Waals surface area contributed by atoms with Gasteiger partial charge in [0.1, 0.15) is 0 Å². The fourth-order valence-corrected chi connectivity index (χ4v) is 5.78. The lowest BCUT2D eigenvalue weighted by atomic mass is 9.58. The third-order valence-corrected chi connectivity index (χ3v) is 8.23. The molecule has 1 aliphatic rings. The van der Waals surface area contributed by atoms with Crippen LogP contribution in [0, 0.1) is 5.92 Å². The summed E-state index contributed by atoms with van der Waals surface area (Å²) in [6, 6.07) is 24.0. The highest BCUT2D eigenvalue weighted by atomic mass is 35.5. The lowest BCUT2D eigenvalue weighted by Gasteiger charge is -2.49. The number of carboxylic acid groups (broad SMARTS) is 2. The summed E-state index contributed by atoms with van der Waals surface area (Å²) in [4.78, 5) is 48.2. The van der Waals surface area contributed by atoms with Gasteiger partial charge in [-0.25, -0.2) is 14.4 Å². The Morgan fingerprint density at radius 1 is 0.822 bits per heavy atom. The molecule has 0 saturated heterocycles. The van der Waals surface area contributed by atoms with E-state index < -0.39 is 36.1 Å². The van der Waals surface area contributed by atoms with Crippen LogP contribution >= 0.6 is 11.6 Å². The summed E-state index contributed by atoms with van der Waals surface area (Å²) < 4.78 is 9.42. The molecule has 1 aliphatic carbocycles. The van der Waals surface area contributed by atoms with E-state index in [4.69, 9.17) is 21.1 Å². The van der Waals surface area contributed by atoms with Gasteiger partial charge in [-0.3, -0.25) is 0 Å². The highest BCUT2D eigenvalue weighted by molar-refractivity contribution is 6.30. The molecule has 9 nitrogen and oxygen atoms in total. The largest absolute Gasteiger partial charge is 0.546 e. The number of aliphatic carboxylic acids is 2. The van der Waals surface area contributed by atoms with Crippen molar-refractivity contribution in [2.75, 3.05) is 14.1 Å². The summed E-state index contributed by atoms with van der Waals surface area (Å²) in [5.74, 6) is -5.24. The molecular weight excluding hydrogens is 598 g/mol. The van der Waals surface area contributed by atoms with Gasteiger partial charge < -0.3 is 29.4 Å². The fraction of sp³-hybridized carbons (Fsp3) is 0.371. The van der Waals surface area contributed by atoms with E-state index in [9.17, 15) is 29.4 Å². The number of benzene rings is 3. The lowest BCUT2D eigenvalue weighted by Crippen LogP contribution is -3.12. The van der Waals surface area contributed by atoms with Gasteiger partial charge in [0.05, 0.1) is 37.2 Å². The van der Waals surface area contributed by atoms with E-state index in [0.717, 1.165) is 10.9 Å². The number of carbonyl (C=O) groups excluding carboxylic acids is 3. The predicted molar refractivity (Wildman–Crippen MR) is 167 cm³/mol. The zero-order valence-corrected chi connectivity index (χ0v) is 26.7. The SMILES string of the molecule is CC(C)C[C@@H]([NH+](C)C)C1(c2ccc(Cl)cc2)CCC1.O=C(O[C@H](C(=O)[O-])[C@H](OC(=O)c1ccccc1)C(=O)O)c1ccccc1. The molecule has 1 fully saturated rings. The topological polar surface area (TPSA) is 134 Å². The molecule has 45 heavy (non-hydrogen) atoms. The molecule has 3 aromatic carbocycles. The normalized spacial score (nSPS) is 15.4. The third-order valence-electron chi connectivity index (χ3n) is 7.97. The molecule has 3 atom stereocenters. The van der Waals surface area contributed by atoms with Crippen LogP contribution < -0.4 is 10.0 Å². The molecule has 0 radical (unpaired) electrons. The first-order valence-electron chi connectivity index (χ1n) is 14.9. The van der Waals surface area contributed by atoms with Crippen molar-refractivity contribution >= 4 is 35.5 Å². The summed E-state index contributed by atoms with van der Waals surface area (Å²) in [6.07, 6.45) is 0.720. The Hall–Kier alpha value is -4.21. The van der Waals surface area contributed by atoms with Gasteiger partial charge in [-0.2, -0.15) is 0 Å². The first kappa shape index (κ1) is 35.3. The first-order valence-corrected chi connectivity index (χ1v) is 15.2. The van der Waals surface area contributed by atoms with E-state index in [1.807, 2.05) is 12.1 Å². The lowest BCUT2D eigenvalue weighted by molar-refractivity contribution is -0.893. The maximum absolute atomic E-state index is 12.0. The van der Waals surface area contributed by atoms with Crippen LogP contribution in [-0.2, 0) is 24.5 Å². The molecule has 2 N–H and O–H groups in total. The summed E-state index contributed by atoms with van der Waals surface area (Å²) in [5.41, 5.74) is 1.88. The standard InChI is InChI=1S/C18H14O8.C17H26ClN/c19-15(20)13(25-17(23)11-7-3-1-4-8-11)14(16(21)22)26-18(24)12-9-5-2-6-10-12;1-13(2)12-16(19(3)4)17(10-5-11-17)14-6-8-15(18)9-7-14/h1-10,13-14H,(H,19,20)(H,21,22);6-9,13,16H,5,10-12H2,1-4H3/t13-,14-;16-/m01/s1. The van der Waals surface area contributed by atoms with Crippen molar-refractivity contribution in [2.24, 2.45) is 5.92 Å². The summed E-state index contributed by atoms with van der Waals surface area (Å²) in [5, 5.41) is 21.3. The monoisotopic (exact) mass is 637 g/mol. The number of likely N-dealkylation sites (N-methyl/N-ethyl adjacent to an activating group) is 1. The van der Waals surface area contributed by atoms with Crippen molar-refractivity contribution in [1.29, 1.82) is 0 Å². The second kappa shape index (κ2) is 16.2. The van der Waals surface area contributed by atoms with Gasteiger partial charge in [-0.05, 0) is 60.7 Å². The number of halogens is 1. The minimum absolute atomic E-state index is 0.00252. The van der Waals surface area contributed by atoms with E-state index in [-0.39, 0.29) is 11.1 Å². The fourth-order valence-electron chi connectivity index (χ4n) is 5.65. The molecule has 0 unspecified atom stereocenters. The average Bonchev–Trinajstić information content (AvgIpc) is 2.99. The van der Waals surface area contributed by atoms with Crippen LogP contribution in [0.15, 0.2) is 84.9 Å². The van der Waals surface area contributed by atoms with Crippen LogP contribution in [0.2, 0.25) is 5.02 Å². The van der Waals surface area contributed by atoms with Crippen molar-refractivity contribution in [1.82, 2.24) is 0 Å². The highest BCUT2D eigenvalue weighted by Crippen LogP contribution is 2.47. The van der Waals surface area contributed by atoms with Crippen molar-refractivity contribution in [3.05, 3.63) is 107 Å². The Labute approximate surface area is 268 Å². The second-order valence-electron chi connectivity index (χ2n) is 11.8. The van der Waals surface area contributed by atoms with Crippen LogP contribution in [0.5, 0.6) is 0 Å². The van der Waals surface area contributed by atoms with E-state index in [2.05, 4.69) is 40.1 Å². The number of quaternary nitrogens is 1. The van der Waals surface area contributed by atoms with Gasteiger partial charge in [0, 0.05) is 16.9 Å². The molecule has 240 valence electrons. The number of carbonyl (C=O) groups is 4. The van der Waals surface area contributed by atoms with Gasteiger partial charge >= 0.3 is 17.9 Å². The number of carboxylic acids is 2. The molecule has 4 rings (SSSR count). The third kappa shape index (κ3) is 9.39. The summed E-state index contributed by atoms with van der Waals surface area (Å²) in [7, 11) is 4.62. The molecule has 1 saturated carbocycles. The minimum Gasteiger partial charge on any atom is -0.546 e. The molecule has 0 aliphatic heterocycles. The zero-order chi connectivity index (χ0) is 33.1. The van der Waals surface area contributed by atoms with Crippen molar-refractivity contribution < 1.29 is 43.8 Å². The van der Waals surface area contributed by atoms with Crippen LogP contribution in [0.25, 0.3) is 0 Å². The Morgan fingerprint density at radius 2 is 1.29 bits per heavy atom. The summed E-state index contributed by atoms with van der Waals surface area (Å²) >= 11 is 6.04. The molecule has 0 spiro atoms. The van der Waals surface area contributed by atoms with Crippen molar-refractivity contribution in [3.63, 3.8) is 0 Å². The van der Waals surface area contributed by atoms with Crippen LogP contribution in [0.3, 0.4) is 0 Å². The van der Waals surface area contributed by atoms with Crippen molar-refractivity contribution in [2.45, 2.75) is 63.2 Å². The van der Waals surface area contributed by atoms with Gasteiger partial charge in [0.2, 0.25) is 6.10 Å². The zero-order valence-electron chi connectivity index (χ0n) is 25.9. The van der Waals surface area contributed by atoms with Crippen LogP contribution in [0.4, 0.5) is 0 Å². The number of ether oxygens (including phenoxy) is 2. The maximum Gasteiger partial charge on any atom is 0.349 e. The van der Waals surface area contributed by atoms with Crippen molar-refractivity contribution in [3.8, 4) is 0 Å². The van der Waals surface area contributed by atoms with Crippen LogP contribution in [-0.4, -0.2) is 61.3 Å². The number of rotatable bonds is 12. The van der Waals surface area contributed by atoms with E-state index in [0.29, 0.717) is 11.5 Å². The predicted octanol–water partition coefficient (Wildman–Crippen LogP) is 3.59.